The summed E-state index contributed by atoms with van der Waals surface area (Å²) in [5, 5.41) is 2.68. The van der Waals surface area contributed by atoms with Gasteiger partial charge in [0.1, 0.15) is 6.04 Å². The smallest absolute Gasteiger partial charge is 0.329 e. The van der Waals surface area contributed by atoms with Gasteiger partial charge >= 0.3 is 5.97 Å². The highest BCUT2D eigenvalue weighted by atomic mass is 16.5. The highest BCUT2D eigenvalue weighted by Gasteiger charge is 2.51. The molecule has 0 aromatic heterocycles. The highest BCUT2D eigenvalue weighted by molar-refractivity contribution is 6.08. The summed E-state index contributed by atoms with van der Waals surface area (Å²) in [5.74, 6) is -2.00. The van der Waals surface area contributed by atoms with Crippen LogP contribution in [0.15, 0.2) is 24.3 Å². The van der Waals surface area contributed by atoms with Crippen LogP contribution in [0.3, 0.4) is 0 Å². The number of carbonyl (C=O) groups is 4. The Labute approximate surface area is 177 Å². The Bertz CT molecular complexity index is 795. The molecule has 0 bridgehead atoms. The zero-order valence-corrected chi connectivity index (χ0v) is 17.8. The molecule has 2 fully saturated rings. The van der Waals surface area contributed by atoms with Gasteiger partial charge in [0.15, 0.2) is 6.61 Å². The van der Waals surface area contributed by atoms with Crippen molar-refractivity contribution in [2.24, 2.45) is 11.8 Å². The van der Waals surface area contributed by atoms with E-state index in [1.54, 1.807) is 0 Å². The fourth-order valence-electron chi connectivity index (χ4n) is 4.26. The maximum absolute atomic E-state index is 12.6. The molecule has 7 heteroatoms. The number of imide groups is 1. The molecule has 1 aromatic rings. The van der Waals surface area contributed by atoms with Gasteiger partial charge < -0.3 is 10.1 Å². The van der Waals surface area contributed by atoms with Crippen molar-refractivity contribution in [3.8, 4) is 0 Å². The Hall–Kier alpha value is -2.70. The predicted octanol–water partition coefficient (Wildman–Crippen LogP) is 3.25. The number of anilines is 1. The maximum atomic E-state index is 12.6. The number of amides is 3. The maximum Gasteiger partial charge on any atom is 0.329 e. The fourth-order valence-corrected chi connectivity index (χ4v) is 4.26. The van der Waals surface area contributed by atoms with Crippen molar-refractivity contribution in [1.29, 1.82) is 0 Å². The summed E-state index contributed by atoms with van der Waals surface area (Å²) in [5.41, 5.74) is 1.81. The first kappa shape index (κ1) is 22.0. The molecule has 1 saturated carbocycles. The fraction of sp³-hybridized carbons (Fsp3) is 0.565. The second kappa shape index (κ2) is 9.41. The van der Waals surface area contributed by atoms with Crippen LogP contribution in [0.5, 0.6) is 0 Å². The number of likely N-dealkylation sites (tertiary alicyclic amines) is 1. The Balaban J connectivity index is 1.51. The lowest BCUT2D eigenvalue weighted by atomic mass is 9.81. The van der Waals surface area contributed by atoms with Crippen LogP contribution in [-0.2, 0) is 23.9 Å². The minimum Gasteiger partial charge on any atom is -0.454 e. The first-order chi connectivity index (χ1) is 14.3. The quantitative estimate of drug-likeness (QED) is 0.546. The summed E-state index contributed by atoms with van der Waals surface area (Å²) in [6.07, 6.45) is 4.25. The molecular formula is C23H30N2O5. The topological polar surface area (TPSA) is 92.8 Å². The van der Waals surface area contributed by atoms with Gasteiger partial charge in [0.05, 0.1) is 11.8 Å². The number of hydrogen-bond donors (Lipinski definition) is 1. The SMILES string of the molecule is CC[C@H](C)c1ccc(NC(=O)COC(=O)[C@H](C)N2C(=O)[C@H]3CCCC[C@@H]3C2=O)cc1. The van der Waals surface area contributed by atoms with Gasteiger partial charge in [-0.25, -0.2) is 4.79 Å². The third-order valence-electron chi connectivity index (χ3n) is 6.33. The molecule has 1 saturated heterocycles. The van der Waals surface area contributed by atoms with E-state index in [9.17, 15) is 19.2 Å². The molecule has 162 valence electrons. The van der Waals surface area contributed by atoms with Crippen LogP contribution in [0.2, 0.25) is 0 Å². The molecule has 30 heavy (non-hydrogen) atoms. The molecular weight excluding hydrogens is 384 g/mol. The lowest BCUT2D eigenvalue weighted by molar-refractivity contribution is -0.159. The molecule has 0 spiro atoms. The third-order valence-corrected chi connectivity index (χ3v) is 6.33. The molecule has 0 unspecified atom stereocenters. The molecule has 1 heterocycles. The summed E-state index contributed by atoms with van der Waals surface area (Å²) in [6, 6.07) is 6.52. The Morgan fingerprint density at radius 1 is 1.07 bits per heavy atom. The zero-order chi connectivity index (χ0) is 21.8. The minimum absolute atomic E-state index is 0.292. The molecule has 1 aliphatic heterocycles. The Morgan fingerprint density at radius 3 is 2.17 bits per heavy atom. The average molecular weight is 415 g/mol. The molecule has 1 N–H and O–H groups in total. The van der Waals surface area contributed by atoms with Crippen LogP contribution in [0, 0.1) is 11.8 Å². The first-order valence-electron chi connectivity index (χ1n) is 10.8. The van der Waals surface area contributed by atoms with E-state index in [2.05, 4.69) is 19.2 Å². The van der Waals surface area contributed by atoms with E-state index in [0.29, 0.717) is 24.4 Å². The van der Waals surface area contributed by atoms with Crippen molar-refractivity contribution in [3.63, 3.8) is 0 Å². The van der Waals surface area contributed by atoms with Crippen LogP contribution < -0.4 is 5.32 Å². The number of hydrogen-bond acceptors (Lipinski definition) is 5. The van der Waals surface area contributed by atoms with Gasteiger partial charge in [-0.2, -0.15) is 0 Å². The number of rotatable bonds is 7. The molecule has 3 amide bonds. The number of fused-ring (bicyclic) bond motifs is 1. The van der Waals surface area contributed by atoms with Crippen molar-refractivity contribution in [1.82, 2.24) is 4.90 Å². The summed E-state index contributed by atoms with van der Waals surface area (Å²) in [6.45, 7) is 5.26. The standard InChI is InChI=1S/C23H30N2O5/c1-4-14(2)16-9-11-17(12-10-16)24-20(26)13-30-23(29)15(3)25-21(27)18-7-5-6-8-19(18)22(25)28/h9-12,14-15,18-19H,4-8,13H2,1-3H3,(H,24,26)/t14-,15-,18-,19-/m0/s1. The van der Waals surface area contributed by atoms with Crippen molar-refractivity contribution >= 4 is 29.4 Å². The van der Waals surface area contributed by atoms with Crippen LogP contribution in [0.4, 0.5) is 5.69 Å². The summed E-state index contributed by atoms with van der Waals surface area (Å²) in [4.78, 5) is 50.7. The van der Waals surface area contributed by atoms with Gasteiger partial charge in [-0.05, 0) is 49.8 Å². The van der Waals surface area contributed by atoms with E-state index in [4.69, 9.17) is 4.74 Å². The van der Waals surface area contributed by atoms with E-state index >= 15 is 0 Å². The van der Waals surface area contributed by atoms with Crippen molar-refractivity contribution in [2.45, 2.75) is 64.8 Å². The van der Waals surface area contributed by atoms with Gasteiger partial charge in [0.2, 0.25) is 11.8 Å². The van der Waals surface area contributed by atoms with E-state index in [1.165, 1.54) is 12.5 Å². The van der Waals surface area contributed by atoms with Crippen molar-refractivity contribution in [3.05, 3.63) is 29.8 Å². The van der Waals surface area contributed by atoms with Gasteiger partial charge in [-0.15, -0.1) is 0 Å². The molecule has 0 radical (unpaired) electrons. The highest BCUT2D eigenvalue weighted by Crippen LogP contribution is 2.38. The lowest BCUT2D eigenvalue weighted by Gasteiger charge is -2.21. The second-order valence-corrected chi connectivity index (χ2v) is 8.31. The Morgan fingerprint density at radius 2 is 1.63 bits per heavy atom. The van der Waals surface area contributed by atoms with Crippen molar-refractivity contribution < 1.29 is 23.9 Å². The second-order valence-electron chi connectivity index (χ2n) is 8.31. The average Bonchev–Trinajstić information content (AvgIpc) is 3.02. The number of nitrogens with one attached hydrogen (secondary N) is 1. The Kier molecular flexibility index (Phi) is 6.90. The van der Waals surface area contributed by atoms with Gasteiger partial charge in [0, 0.05) is 5.69 Å². The van der Waals surface area contributed by atoms with E-state index in [0.717, 1.165) is 24.2 Å². The van der Waals surface area contributed by atoms with Crippen LogP contribution in [0.1, 0.15) is 64.4 Å². The first-order valence-corrected chi connectivity index (χ1v) is 10.8. The normalized spacial score (nSPS) is 23.0. The molecule has 4 atom stereocenters. The third kappa shape index (κ3) is 4.55. The van der Waals surface area contributed by atoms with Crippen molar-refractivity contribution in [2.75, 3.05) is 11.9 Å². The van der Waals surface area contributed by atoms with Crippen LogP contribution in [0.25, 0.3) is 0 Å². The number of carbonyl (C=O) groups excluding carboxylic acids is 4. The van der Waals surface area contributed by atoms with E-state index in [1.807, 2.05) is 24.3 Å². The number of ether oxygens (including phenoxy) is 1. The molecule has 2 aliphatic rings. The van der Waals surface area contributed by atoms with Crippen LogP contribution >= 0.6 is 0 Å². The van der Waals surface area contributed by atoms with Gasteiger partial charge in [-0.3, -0.25) is 19.3 Å². The monoisotopic (exact) mass is 414 g/mol. The largest absolute Gasteiger partial charge is 0.454 e. The number of esters is 1. The summed E-state index contributed by atoms with van der Waals surface area (Å²) >= 11 is 0. The lowest BCUT2D eigenvalue weighted by Crippen LogP contribution is -2.45. The molecule has 1 aromatic carbocycles. The van der Waals surface area contributed by atoms with Crippen LogP contribution in [-0.4, -0.2) is 41.2 Å². The van der Waals surface area contributed by atoms with E-state index in [-0.39, 0.29) is 23.7 Å². The van der Waals surface area contributed by atoms with Gasteiger partial charge in [-0.1, -0.05) is 38.8 Å². The van der Waals surface area contributed by atoms with E-state index < -0.39 is 24.5 Å². The molecule has 1 aliphatic carbocycles. The predicted molar refractivity (Wildman–Crippen MR) is 111 cm³/mol. The molecule has 7 nitrogen and oxygen atoms in total. The molecule has 3 rings (SSSR count). The number of benzene rings is 1. The summed E-state index contributed by atoms with van der Waals surface area (Å²) < 4.78 is 5.08. The number of nitrogens with zero attached hydrogens (tertiary/aromatic N) is 1. The van der Waals surface area contributed by atoms with Gasteiger partial charge in [0.25, 0.3) is 5.91 Å². The minimum atomic E-state index is -1.03. The summed E-state index contributed by atoms with van der Waals surface area (Å²) in [7, 11) is 0. The zero-order valence-electron chi connectivity index (χ0n) is 17.8.